The molecule has 0 radical (unpaired) electrons. The lowest BCUT2D eigenvalue weighted by Crippen LogP contribution is -2.27. The number of ketones is 2. The highest BCUT2D eigenvalue weighted by atomic mass is 32.2. The summed E-state index contributed by atoms with van der Waals surface area (Å²) in [5.74, 6) is -0.299. The van der Waals surface area contributed by atoms with Crippen molar-refractivity contribution in [3.63, 3.8) is 0 Å². The van der Waals surface area contributed by atoms with Gasteiger partial charge in [-0.1, -0.05) is 53.7 Å². The van der Waals surface area contributed by atoms with Gasteiger partial charge in [0.15, 0.2) is 11.6 Å². The molecule has 1 aliphatic rings. The molecule has 1 aliphatic heterocycles. The molecule has 4 nitrogen and oxygen atoms in total. The van der Waals surface area contributed by atoms with Crippen LogP contribution in [0.15, 0.2) is 64.3 Å². The number of nitrogens with zero attached hydrogens (tertiary/aromatic N) is 1. The van der Waals surface area contributed by atoms with Crippen LogP contribution in [0.25, 0.3) is 0 Å². The molecular formula is C26H26N2O2S. The molecule has 1 N–H and O–H groups in total. The molecule has 2 aromatic rings. The van der Waals surface area contributed by atoms with E-state index in [-0.39, 0.29) is 17.3 Å². The molecule has 31 heavy (non-hydrogen) atoms. The Morgan fingerprint density at radius 2 is 1.81 bits per heavy atom. The molecule has 0 fully saturated rings. The monoisotopic (exact) mass is 430 g/mol. The second-order valence-corrected chi connectivity index (χ2v) is 8.92. The predicted octanol–water partition coefficient (Wildman–Crippen LogP) is 5.51. The Labute approximate surface area is 188 Å². The number of benzene rings is 2. The van der Waals surface area contributed by atoms with Crippen molar-refractivity contribution >= 4 is 23.3 Å². The van der Waals surface area contributed by atoms with Crippen LogP contribution in [-0.4, -0.2) is 17.3 Å². The zero-order chi connectivity index (χ0) is 22.7. The first-order valence-electron chi connectivity index (χ1n) is 10.2. The molecule has 0 saturated carbocycles. The minimum absolute atomic E-state index is 0.00536. The van der Waals surface area contributed by atoms with E-state index in [0.29, 0.717) is 21.7 Å². The number of rotatable bonds is 6. The van der Waals surface area contributed by atoms with Crippen molar-refractivity contribution in [2.24, 2.45) is 0 Å². The molecule has 0 aliphatic carbocycles. The number of hydrogen-bond acceptors (Lipinski definition) is 5. The second-order valence-electron chi connectivity index (χ2n) is 7.93. The summed E-state index contributed by atoms with van der Waals surface area (Å²) in [6.45, 7) is 9.37. The SMILES string of the molecule is CC(=O)C1=C(C)NC(SCC(=O)c2ccc(C)c(C)c2)=C(C#N)[C@@H]1c1cccc(C)c1. The van der Waals surface area contributed by atoms with E-state index in [2.05, 4.69) is 11.4 Å². The van der Waals surface area contributed by atoms with E-state index in [4.69, 9.17) is 0 Å². The van der Waals surface area contributed by atoms with Gasteiger partial charge in [-0.2, -0.15) is 5.26 Å². The van der Waals surface area contributed by atoms with E-state index in [9.17, 15) is 14.9 Å². The standard InChI is InChI=1S/C26H26N2O2S/c1-15-7-6-8-21(11-15)25-22(13-27)26(28-18(4)24(25)19(5)29)31-14-23(30)20-10-9-16(2)17(3)12-20/h6-12,25,28H,14H2,1-5H3/t25-/m0/s1. The third-order valence-corrected chi connectivity index (χ3v) is 6.60. The van der Waals surface area contributed by atoms with Crippen molar-refractivity contribution in [1.29, 1.82) is 5.26 Å². The van der Waals surface area contributed by atoms with Gasteiger partial charge in [0.25, 0.3) is 0 Å². The van der Waals surface area contributed by atoms with Gasteiger partial charge in [-0.3, -0.25) is 9.59 Å². The molecule has 0 bridgehead atoms. The van der Waals surface area contributed by atoms with Crippen molar-refractivity contribution < 1.29 is 9.59 Å². The van der Waals surface area contributed by atoms with Crippen LogP contribution in [0.3, 0.4) is 0 Å². The summed E-state index contributed by atoms with van der Waals surface area (Å²) >= 11 is 1.31. The number of aryl methyl sites for hydroxylation is 3. The van der Waals surface area contributed by atoms with Crippen LogP contribution in [0.2, 0.25) is 0 Å². The van der Waals surface area contributed by atoms with Crippen LogP contribution in [0.5, 0.6) is 0 Å². The molecule has 1 atom stereocenters. The number of hydrogen-bond donors (Lipinski definition) is 1. The Kier molecular flexibility index (Phi) is 6.82. The fourth-order valence-corrected chi connectivity index (χ4v) is 4.80. The number of Topliss-reactive ketones (excluding diaryl/α,β-unsaturated/α-hetero) is 2. The second kappa shape index (κ2) is 9.36. The van der Waals surface area contributed by atoms with Gasteiger partial charge in [-0.05, 0) is 57.4 Å². The minimum Gasteiger partial charge on any atom is -0.353 e. The minimum atomic E-state index is -0.442. The molecule has 1 heterocycles. The molecular weight excluding hydrogens is 404 g/mol. The van der Waals surface area contributed by atoms with Crippen LogP contribution in [0, 0.1) is 32.1 Å². The normalized spacial score (nSPS) is 16.1. The van der Waals surface area contributed by atoms with E-state index in [1.165, 1.54) is 18.7 Å². The molecule has 2 aromatic carbocycles. The molecule has 0 saturated heterocycles. The highest BCUT2D eigenvalue weighted by Crippen LogP contribution is 2.41. The van der Waals surface area contributed by atoms with E-state index in [1.807, 2.05) is 70.2 Å². The Bertz CT molecular complexity index is 1170. The Hall–Kier alpha value is -3.10. The third kappa shape index (κ3) is 4.81. The van der Waals surface area contributed by atoms with Gasteiger partial charge in [-0.25, -0.2) is 0 Å². The van der Waals surface area contributed by atoms with Crippen LogP contribution in [-0.2, 0) is 4.79 Å². The molecule has 0 unspecified atom stereocenters. The zero-order valence-electron chi connectivity index (χ0n) is 18.5. The van der Waals surface area contributed by atoms with Crippen LogP contribution in [0.1, 0.15) is 52.4 Å². The van der Waals surface area contributed by atoms with Crippen molar-refractivity contribution in [2.45, 2.75) is 40.5 Å². The molecule has 3 rings (SSSR count). The first-order valence-corrected chi connectivity index (χ1v) is 11.1. The molecule has 0 aromatic heterocycles. The van der Waals surface area contributed by atoms with Crippen molar-refractivity contribution in [3.05, 3.63) is 92.2 Å². The Morgan fingerprint density at radius 1 is 1.06 bits per heavy atom. The number of carbonyl (C=O) groups excluding carboxylic acids is 2. The number of dihydropyridines is 1. The summed E-state index contributed by atoms with van der Waals surface area (Å²) in [4.78, 5) is 25.2. The topological polar surface area (TPSA) is 70.0 Å². The zero-order valence-corrected chi connectivity index (χ0v) is 19.3. The van der Waals surface area contributed by atoms with E-state index < -0.39 is 5.92 Å². The largest absolute Gasteiger partial charge is 0.353 e. The lowest BCUT2D eigenvalue weighted by atomic mass is 9.80. The molecule has 0 amide bonds. The summed E-state index contributed by atoms with van der Waals surface area (Å²) in [7, 11) is 0. The maximum Gasteiger partial charge on any atom is 0.173 e. The fourth-order valence-electron chi connectivity index (χ4n) is 3.81. The summed E-state index contributed by atoms with van der Waals surface area (Å²) in [6.07, 6.45) is 0. The predicted molar refractivity (Wildman–Crippen MR) is 126 cm³/mol. The maximum absolute atomic E-state index is 12.8. The summed E-state index contributed by atoms with van der Waals surface area (Å²) in [6, 6.07) is 15.9. The summed E-state index contributed by atoms with van der Waals surface area (Å²) in [5, 5.41) is 13.9. The molecule has 5 heteroatoms. The Balaban J connectivity index is 1.95. The first-order chi connectivity index (χ1) is 14.7. The fraction of sp³-hybridized carbons (Fsp3) is 0.269. The lowest BCUT2D eigenvalue weighted by molar-refractivity contribution is -0.113. The van der Waals surface area contributed by atoms with Gasteiger partial charge < -0.3 is 5.32 Å². The van der Waals surface area contributed by atoms with E-state index >= 15 is 0 Å². The van der Waals surface area contributed by atoms with Crippen LogP contribution in [0.4, 0.5) is 0 Å². The first kappa shape index (κ1) is 22.6. The lowest BCUT2D eigenvalue weighted by Gasteiger charge is -2.29. The molecule has 158 valence electrons. The molecule has 0 spiro atoms. The number of carbonyl (C=O) groups is 2. The highest BCUT2D eigenvalue weighted by Gasteiger charge is 2.33. The smallest absolute Gasteiger partial charge is 0.173 e. The number of allylic oxidation sites excluding steroid dienone is 3. The average molecular weight is 431 g/mol. The number of nitrogens with one attached hydrogen (secondary N) is 1. The van der Waals surface area contributed by atoms with Gasteiger partial charge in [0, 0.05) is 16.8 Å². The van der Waals surface area contributed by atoms with Gasteiger partial charge in [0.2, 0.25) is 0 Å². The van der Waals surface area contributed by atoms with Crippen LogP contribution < -0.4 is 5.32 Å². The van der Waals surface area contributed by atoms with Crippen molar-refractivity contribution in [3.8, 4) is 6.07 Å². The summed E-state index contributed by atoms with van der Waals surface area (Å²) < 4.78 is 0. The summed E-state index contributed by atoms with van der Waals surface area (Å²) in [5.41, 5.74) is 6.64. The van der Waals surface area contributed by atoms with E-state index in [0.717, 1.165) is 28.0 Å². The third-order valence-electron chi connectivity index (χ3n) is 5.58. The number of thioether (sulfide) groups is 1. The quantitative estimate of drug-likeness (QED) is 0.612. The average Bonchev–Trinajstić information content (AvgIpc) is 2.73. The van der Waals surface area contributed by atoms with Gasteiger partial charge >= 0.3 is 0 Å². The Morgan fingerprint density at radius 3 is 2.42 bits per heavy atom. The highest BCUT2D eigenvalue weighted by molar-refractivity contribution is 8.03. The van der Waals surface area contributed by atoms with Gasteiger partial charge in [0.1, 0.15) is 0 Å². The van der Waals surface area contributed by atoms with E-state index in [1.54, 1.807) is 0 Å². The van der Waals surface area contributed by atoms with Crippen molar-refractivity contribution in [2.75, 3.05) is 5.75 Å². The number of nitriles is 1. The maximum atomic E-state index is 12.8. The van der Waals surface area contributed by atoms with Crippen LogP contribution >= 0.6 is 11.8 Å². The van der Waals surface area contributed by atoms with Crippen molar-refractivity contribution in [1.82, 2.24) is 5.32 Å². The van der Waals surface area contributed by atoms with Gasteiger partial charge in [-0.15, -0.1) is 0 Å². The van der Waals surface area contributed by atoms with Gasteiger partial charge in [0.05, 0.1) is 28.3 Å².